The molecule has 2 rings (SSSR count). The third kappa shape index (κ3) is 7.52. The maximum atomic E-state index is 13.7. The highest BCUT2D eigenvalue weighted by Crippen LogP contribution is 2.19. The second-order valence-corrected chi connectivity index (χ2v) is 9.19. The summed E-state index contributed by atoms with van der Waals surface area (Å²) in [6.07, 6.45) is 0.0853. The first kappa shape index (κ1) is 25.1. The molecule has 0 radical (unpaired) electrons. The molecule has 2 aromatic carbocycles. The second-order valence-electron chi connectivity index (χ2n) is 7.51. The number of rotatable bonds is 10. The van der Waals surface area contributed by atoms with Crippen LogP contribution in [0, 0.1) is 11.7 Å². The fraction of sp³-hybridized carbons (Fsp3) is 0.364. The zero-order valence-electron chi connectivity index (χ0n) is 18.2. The van der Waals surface area contributed by atoms with Gasteiger partial charge in [-0.25, -0.2) is 17.6 Å². The lowest BCUT2D eigenvalue weighted by Crippen LogP contribution is -2.44. The first-order chi connectivity index (χ1) is 15.1. The predicted octanol–water partition coefficient (Wildman–Crippen LogP) is 3.52. The number of carbonyl (C=O) groups is 2. The van der Waals surface area contributed by atoms with Gasteiger partial charge < -0.3 is 15.4 Å². The van der Waals surface area contributed by atoms with E-state index in [1.807, 2.05) is 13.8 Å². The highest BCUT2D eigenvalue weighted by Gasteiger charge is 2.19. The largest absolute Gasteiger partial charge is 0.450 e. The zero-order chi connectivity index (χ0) is 23.7. The van der Waals surface area contributed by atoms with Crippen LogP contribution in [0.4, 0.5) is 14.9 Å². The molecule has 0 aliphatic heterocycles. The van der Waals surface area contributed by atoms with Crippen molar-refractivity contribution in [3.05, 3.63) is 59.9 Å². The highest BCUT2D eigenvalue weighted by atomic mass is 32.2. The average Bonchev–Trinajstić information content (AvgIpc) is 2.73. The van der Waals surface area contributed by atoms with Gasteiger partial charge in [0.2, 0.25) is 0 Å². The minimum absolute atomic E-state index is 0.112. The summed E-state index contributed by atoms with van der Waals surface area (Å²) in [6.45, 7) is 6.12. The van der Waals surface area contributed by atoms with E-state index < -0.39 is 27.8 Å². The van der Waals surface area contributed by atoms with Crippen molar-refractivity contribution in [2.45, 2.75) is 38.1 Å². The summed E-state index contributed by atoms with van der Waals surface area (Å²) in [4.78, 5) is 24.1. The quantitative estimate of drug-likeness (QED) is 0.497. The molecule has 32 heavy (non-hydrogen) atoms. The van der Waals surface area contributed by atoms with E-state index in [2.05, 4.69) is 15.4 Å². The summed E-state index contributed by atoms with van der Waals surface area (Å²) >= 11 is 0. The van der Waals surface area contributed by atoms with Crippen LogP contribution in [0.1, 0.15) is 37.6 Å². The third-order valence-electron chi connectivity index (χ3n) is 4.41. The van der Waals surface area contributed by atoms with E-state index in [9.17, 15) is 22.4 Å². The van der Waals surface area contributed by atoms with Gasteiger partial charge >= 0.3 is 6.09 Å². The summed E-state index contributed by atoms with van der Waals surface area (Å²) in [5.74, 6) is -0.833. The maximum absolute atomic E-state index is 13.7. The molecule has 0 bridgehead atoms. The molecule has 0 saturated heterocycles. The predicted molar refractivity (Wildman–Crippen MR) is 119 cm³/mol. The van der Waals surface area contributed by atoms with E-state index in [0.717, 1.165) is 6.07 Å². The fourth-order valence-corrected chi connectivity index (χ4v) is 4.02. The Morgan fingerprint density at radius 2 is 1.72 bits per heavy atom. The SMILES string of the molecule is CCOC(=O)NC(CNC(=O)c1ccc(S(=O)(=O)Nc2ccccc2F)cc1)CC(C)C. The molecule has 0 spiro atoms. The number of nitrogens with one attached hydrogen (secondary N) is 3. The Hall–Kier alpha value is -3.14. The molecule has 0 aromatic heterocycles. The van der Waals surface area contributed by atoms with E-state index in [1.165, 1.54) is 42.5 Å². The van der Waals surface area contributed by atoms with Gasteiger partial charge in [-0.15, -0.1) is 0 Å². The third-order valence-corrected chi connectivity index (χ3v) is 5.79. The molecule has 0 fully saturated rings. The van der Waals surface area contributed by atoms with E-state index in [-0.39, 0.29) is 41.3 Å². The van der Waals surface area contributed by atoms with Gasteiger partial charge in [0, 0.05) is 18.2 Å². The van der Waals surface area contributed by atoms with Gasteiger partial charge in [0.25, 0.3) is 15.9 Å². The van der Waals surface area contributed by atoms with Crippen molar-refractivity contribution in [1.29, 1.82) is 0 Å². The van der Waals surface area contributed by atoms with Crippen molar-refractivity contribution in [2.24, 2.45) is 5.92 Å². The number of amides is 2. The van der Waals surface area contributed by atoms with Crippen LogP contribution in [0.25, 0.3) is 0 Å². The molecule has 10 heteroatoms. The number of ether oxygens (including phenoxy) is 1. The van der Waals surface area contributed by atoms with Gasteiger partial charge in [-0.3, -0.25) is 9.52 Å². The Kier molecular flexibility index (Phi) is 9.01. The summed E-state index contributed by atoms with van der Waals surface area (Å²) in [7, 11) is -4.02. The molecule has 0 aliphatic carbocycles. The van der Waals surface area contributed by atoms with Crippen molar-refractivity contribution >= 4 is 27.7 Å². The van der Waals surface area contributed by atoms with E-state index in [4.69, 9.17) is 4.74 Å². The molecule has 0 saturated carbocycles. The zero-order valence-corrected chi connectivity index (χ0v) is 19.0. The van der Waals surface area contributed by atoms with Gasteiger partial charge in [-0.1, -0.05) is 26.0 Å². The maximum Gasteiger partial charge on any atom is 0.407 e. The van der Waals surface area contributed by atoms with Crippen molar-refractivity contribution in [1.82, 2.24) is 10.6 Å². The van der Waals surface area contributed by atoms with Gasteiger partial charge in [0.15, 0.2) is 0 Å². The van der Waals surface area contributed by atoms with Crippen LogP contribution in [-0.4, -0.2) is 39.6 Å². The lowest BCUT2D eigenvalue weighted by Gasteiger charge is -2.20. The lowest BCUT2D eigenvalue weighted by atomic mass is 10.0. The minimum atomic E-state index is -4.02. The highest BCUT2D eigenvalue weighted by molar-refractivity contribution is 7.92. The second kappa shape index (κ2) is 11.5. The van der Waals surface area contributed by atoms with E-state index in [1.54, 1.807) is 6.92 Å². The Morgan fingerprint density at radius 3 is 2.31 bits per heavy atom. The number of carbonyl (C=O) groups excluding carboxylic acids is 2. The van der Waals surface area contributed by atoms with Gasteiger partial charge in [0.1, 0.15) is 5.82 Å². The first-order valence-corrected chi connectivity index (χ1v) is 11.7. The number of hydrogen-bond donors (Lipinski definition) is 3. The fourth-order valence-electron chi connectivity index (χ4n) is 2.95. The summed E-state index contributed by atoms with van der Waals surface area (Å²) in [5, 5.41) is 5.45. The standard InChI is InChI=1S/C22H28FN3O5S/c1-4-31-22(28)25-17(13-15(2)3)14-24-21(27)16-9-11-18(12-10-16)32(29,30)26-20-8-6-5-7-19(20)23/h5-12,15,17,26H,4,13-14H2,1-3H3,(H,24,27)(H,25,28). The topological polar surface area (TPSA) is 114 Å². The van der Waals surface area contributed by atoms with E-state index >= 15 is 0 Å². The number of alkyl carbamates (subject to hydrolysis) is 1. The summed E-state index contributed by atoms with van der Waals surface area (Å²) in [5.41, 5.74) is 0.0777. The lowest BCUT2D eigenvalue weighted by molar-refractivity contribution is 0.0944. The number of anilines is 1. The molecule has 0 heterocycles. The monoisotopic (exact) mass is 465 g/mol. The Labute approximate surface area is 187 Å². The van der Waals surface area contributed by atoms with Crippen molar-refractivity contribution in [2.75, 3.05) is 17.9 Å². The van der Waals surface area contributed by atoms with Crippen LogP contribution < -0.4 is 15.4 Å². The van der Waals surface area contributed by atoms with Crippen molar-refractivity contribution in [3.63, 3.8) is 0 Å². The number of halogens is 1. The number of para-hydroxylation sites is 1. The summed E-state index contributed by atoms with van der Waals surface area (Å²) < 4.78 is 45.8. The van der Waals surface area contributed by atoms with Gasteiger partial charge in [0.05, 0.1) is 17.2 Å². The summed E-state index contributed by atoms with van der Waals surface area (Å²) in [6, 6.07) is 10.4. The number of hydrogen-bond acceptors (Lipinski definition) is 5. The number of sulfonamides is 1. The molecular formula is C22H28FN3O5S. The van der Waals surface area contributed by atoms with Crippen LogP contribution in [0.3, 0.4) is 0 Å². The molecule has 174 valence electrons. The molecular weight excluding hydrogens is 437 g/mol. The van der Waals surface area contributed by atoms with Crippen LogP contribution in [-0.2, 0) is 14.8 Å². The average molecular weight is 466 g/mol. The van der Waals surface area contributed by atoms with Crippen LogP contribution in [0.2, 0.25) is 0 Å². The van der Waals surface area contributed by atoms with Crippen molar-refractivity contribution in [3.8, 4) is 0 Å². The molecule has 1 unspecified atom stereocenters. The van der Waals surface area contributed by atoms with Crippen LogP contribution >= 0.6 is 0 Å². The smallest absolute Gasteiger partial charge is 0.407 e. The van der Waals surface area contributed by atoms with Gasteiger partial charge in [-0.2, -0.15) is 0 Å². The molecule has 0 aliphatic rings. The molecule has 8 nitrogen and oxygen atoms in total. The van der Waals surface area contributed by atoms with Crippen molar-refractivity contribution < 1.29 is 27.1 Å². The Balaban J connectivity index is 2.02. The normalized spacial score (nSPS) is 12.2. The molecule has 2 amide bonds. The molecule has 3 N–H and O–H groups in total. The molecule has 1 atom stereocenters. The first-order valence-electron chi connectivity index (χ1n) is 10.2. The molecule has 2 aromatic rings. The minimum Gasteiger partial charge on any atom is -0.450 e. The van der Waals surface area contributed by atoms with Crippen LogP contribution in [0.15, 0.2) is 53.4 Å². The Bertz CT molecular complexity index is 1030. The van der Waals surface area contributed by atoms with Crippen LogP contribution in [0.5, 0.6) is 0 Å². The van der Waals surface area contributed by atoms with E-state index in [0.29, 0.717) is 6.42 Å². The van der Waals surface area contributed by atoms with Gasteiger partial charge in [-0.05, 0) is 55.7 Å². The Morgan fingerprint density at radius 1 is 1.06 bits per heavy atom. The number of benzene rings is 2.